The smallest absolute Gasteiger partial charge is 0.253 e. The highest BCUT2D eigenvalue weighted by molar-refractivity contribution is 5.78. The number of aromatic nitrogens is 2. The number of nitrogens with one attached hydrogen (secondary N) is 2. The monoisotopic (exact) mass is 295 g/mol. The Hall–Kier alpha value is -2.82. The summed E-state index contributed by atoms with van der Waals surface area (Å²) in [5, 5.41) is 4.22. The number of para-hydroxylation sites is 1. The molecule has 1 aromatic carbocycles. The summed E-state index contributed by atoms with van der Waals surface area (Å²) in [7, 11) is 0. The molecule has 0 saturated carbocycles. The average molecular weight is 295 g/mol. The number of hydrogen-bond donors (Lipinski definition) is 2. The van der Waals surface area contributed by atoms with Gasteiger partial charge in [-0.15, -0.1) is 0 Å². The van der Waals surface area contributed by atoms with E-state index in [4.69, 9.17) is 4.74 Å². The van der Waals surface area contributed by atoms with Gasteiger partial charge in [0.1, 0.15) is 0 Å². The van der Waals surface area contributed by atoms with Crippen molar-refractivity contribution in [2.24, 2.45) is 0 Å². The van der Waals surface area contributed by atoms with E-state index in [9.17, 15) is 4.79 Å². The van der Waals surface area contributed by atoms with E-state index in [2.05, 4.69) is 15.3 Å². The van der Waals surface area contributed by atoms with Gasteiger partial charge in [0.25, 0.3) is 5.56 Å². The van der Waals surface area contributed by atoms with Crippen molar-refractivity contribution in [1.29, 1.82) is 0 Å². The van der Waals surface area contributed by atoms with Gasteiger partial charge in [-0.3, -0.25) is 4.79 Å². The van der Waals surface area contributed by atoms with Crippen LogP contribution in [0.5, 0.6) is 5.88 Å². The SMILES string of the molecule is CCOc1ccc(NCc2cc3ccccc3[nH]c2=O)cn1. The molecule has 0 radical (unpaired) electrons. The largest absolute Gasteiger partial charge is 0.478 e. The molecule has 3 aromatic rings. The number of nitrogens with zero attached hydrogens (tertiary/aromatic N) is 1. The summed E-state index contributed by atoms with van der Waals surface area (Å²) >= 11 is 0. The lowest BCUT2D eigenvalue weighted by molar-refractivity contribution is 0.327. The second-order valence-electron chi connectivity index (χ2n) is 4.88. The molecule has 22 heavy (non-hydrogen) atoms. The molecule has 5 nitrogen and oxygen atoms in total. The number of anilines is 1. The van der Waals surface area contributed by atoms with E-state index < -0.39 is 0 Å². The lowest BCUT2D eigenvalue weighted by atomic mass is 10.1. The van der Waals surface area contributed by atoms with Crippen LogP contribution in [0.2, 0.25) is 0 Å². The van der Waals surface area contributed by atoms with Crippen LogP contribution in [0.4, 0.5) is 5.69 Å². The molecular weight excluding hydrogens is 278 g/mol. The van der Waals surface area contributed by atoms with E-state index in [0.717, 1.165) is 16.6 Å². The van der Waals surface area contributed by atoms with Crippen LogP contribution < -0.4 is 15.6 Å². The van der Waals surface area contributed by atoms with Crippen molar-refractivity contribution in [1.82, 2.24) is 9.97 Å². The van der Waals surface area contributed by atoms with E-state index >= 15 is 0 Å². The zero-order valence-electron chi connectivity index (χ0n) is 12.3. The van der Waals surface area contributed by atoms with Crippen molar-refractivity contribution in [3.05, 3.63) is 64.6 Å². The molecule has 5 heteroatoms. The Morgan fingerprint density at radius 2 is 2.09 bits per heavy atom. The van der Waals surface area contributed by atoms with Crippen LogP contribution in [0.25, 0.3) is 10.9 Å². The van der Waals surface area contributed by atoms with Crippen molar-refractivity contribution in [3.63, 3.8) is 0 Å². The topological polar surface area (TPSA) is 67.0 Å². The molecule has 0 amide bonds. The quantitative estimate of drug-likeness (QED) is 0.759. The second kappa shape index (κ2) is 6.30. The lowest BCUT2D eigenvalue weighted by Crippen LogP contribution is -2.15. The van der Waals surface area contributed by atoms with Gasteiger partial charge in [-0.2, -0.15) is 0 Å². The number of benzene rings is 1. The molecule has 0 saturated heterocycles. The number of pyridine rings is 2. The van der Waals surface area contributed by atoms with Crippen molar-refractivity contribution in [3.8, 4) is 5.88 Å². The summed E-state index contributed by atoms with van der Waals surface area (Å²) in [4.78, 5) is 19.1. The summed E-state index contributed by atoms with van der Waals surface area (Å²) < 4.78 is 5.30. The fourth-order valence-electron chi connectivity index (χ4n) is 2.24. The van der Waals surface area contributed by atoms with Crippen LogP contribution in [0.3, 0.4) is 0 Å². The fraction of sp³-hybridized carbons (Fsp3) is 0.176. The van der Waals surface area contributed by atoms with Gasteiger partial charge < -0.3 is 15.0 Å². The number of aromatic amines is 1. The lowest BCUT2D eigenvalue weighted by Gasteiger charge is -2.08. The van der Waals surface area contributed by atoms with Crippen LogP contribution in [0, 0.1) is 0 Å². The molecule has 0 spiro atoms. The molecule has 0 aliphatic carbocycles. The van der Waals surface area contributed by atoms with Gasteiger partial charge in [-0.1, -0.05) is 18.2 Å². The Morgan fingerprint density at radius 3 is 2.86 bits per heavy atom. The van der Waals surface area contributed by atoms with Crippen LogP contribution >= 0.6 is 0 Å². The van der Waals surface area contributed by atoms with Crippen LogP contribution in [-0.4, -0.2) is 16.6 Å². The van der Waals surface area contributed by atoms with Crippen molar-refractivity contribution >= 4 is 16.6 Å². The standard InChI is InChI=1S/C17H17N3O2/c1-2-22-16-8-7-14(11-19-16)18-10-13-9-12-5-3-4-6-15(12)20-17(13)21/h3-9,11,18H,2,10H2,1H3,(H,20,21). The van der Waals surface area contributed by atoms with Gasteiger partial charge in [0.15, 0.2) is 0 Å². The summed E-state index contributed by atoms with van der Waals surface area (Å²) in [6.07, 6.45) is 1.69. The van der Waals surface area contributed by atoms with Gasteiger partial charge in [-0.25, -0.2) is 4.98 Å². The Balaban J connectivity index is 1.75. The Morgan fingerprint density at radius 1 is 1.23 bits per heavy atom. The van der Waals surface area contributed by atoms with E-state index in [1.54, 1.807) is 12.3 Å². The minimum Gasteiger partial charge on any atom is -0.478 e. The normalized spacial score (nSPS) is 10.6. The minimum atomic E-state index is -0.0786. The summed E-state index contributed by atoms with van der Waals surface area (Å²) in [5.41, 5.74) is 2.30. The van der Waals surface area contributed by atoms with Crippen LogP contribution in [0.15, 0.2) is 53.5 Å². The molecule has 3 rings (SSSR count). The molecule has 2 N–H and O–H groups in total. The first-order valence-electron chi connectivity index (χ1n) is 7.20. The van der Waals surface area contributed by atoms with Crippen molar-refractivity contribution in [2.45, 2.75) is 13.5 Å². The maximum Gasteiger partial charge on any atom is 0.253 e. The van der Waals surface area contributed by atoms with E-state index in [0.29, 0.717) is 24.6 Å². The third-order valence-electron chi connectivity index (χ3n) is 3.34. The first kappa shape index (κ1) is 14.1. The van der Waals surface area contributed by atoms with E-state index in [1.165, 1.54) is 0 Å². The summed E-state index contributed by atoms with van der Waals surface area (Å²) in [6.45, 7) is 2.95. The first-order valence-corrected chi connectivity index (χ1v) is 7.20. The van der Waals surface area contributed by atoms with Gasteiger partial charge in [0.05, 0.1) is 18.5 Å². The van der Waals surface area contributed by atoms with E-state index in [1.807, 2.05) is 43.3 Å². The first-order chi connectivity index (χ1) is 10.8. The Bertz CT molecular complexity index is 825. The summed E-state index contributed by atoms with van der Waals surface area (Å²) in [5.74, 6) is 0.594. The number of fused-ring (bicyclic) bond motifs is 1. The number of ether oxygens (including phenoxy) is 1. The van der Waals surface area contributed by atoms with Crippen LogP contribution in [0.1, 0.15) is 12.5 Å². The molecule has 0 unspecified atom stereocenters. The summed E-state index contributed by atoms with van der Waals surface area (Å²) in [6, 6.07) is 13.3. The molecule has 112 valence electrons. The van der Waals surface area contributed by atoms with Gasteiger partial charge in [0.2, 0.25) is 5.88 Å². The third kappa shape index (κ3) is 3.09. The molecule has 0 aliphatic rings. The molecule has 0 atom stereocenters. The minimum absolute atomic E-state index is 0.0786. The number of H-pyrrole nitrogens is 1. The molecule has 0 bridgehead atoms. The van der Waals surface area contributed by atoms with Gasteiger partial charge >= 0.3 is 0 Å². The predicted octanol–water partition coefficient (Wildman–Crippen LogP) is 2.93. The van der Waals surface area contributed by atoms with E-state index in [-0.39, 0.29) is 5.56 Å². The molecule has 0 aliphatic heterocycles. The second-order valence-corrected chi connectivity index (χ2v) is 4.88. The average Bonchev–Trinajstić information content (AvgIpc) is 2.54. The third-order valence-corrected chi connectivity index (χ3v) is 3.34. The van der Waals surface area contributed by atoms with Crippen molar-refractivity contribution < 1.29 is 4.74 Å². The molecule has 2 aromatic heterocycles. The number of rotatable bonds is 5. The van der Waals surface area contributed by atoms with Crippen LogP contribution in [-0.2, 0) is 6.54 Å². The predicted molar refractivity (Wildman–Crippen MR) is 87.3 cm³/mol. The molecule has 2 heterocycles. The maximum atomic E-state index is 12.1. The van der Waals surface area contributed by atoms with Crippen molar-refractivity contribution in [2.75, 3.05) is 11.9 Å². The highest BCUT2D eigenvalue weighted by Crippen LogP contribution is 2.14. The zero-order chi connectivity index (χ0) is 15.4. The Kier molecular flexibility index (Phi) is 4.05. The molecule has 0 fully saturated rings. The number of hydrogen-bond acceptors (Lipinski definition) is 4. The zero-order valence-corrected chi connectivity index (χ0v) is 12.3. The highest BCUT2D eigenvalue weighted by Gasteiger charge is 2.03. The fourth-order valence-corrected chi connectivity index (χ4v) is 2.24. The molecular formula is C17H17N3O2. The van der Waals surface area contributed by atoms with Gasteiger partial charge in [-0.05, 0) is 30.5 Å². The Labute approximate surface area is 128 Å². The van der Waals surface area contributed by atoms with Gasteiger partial charge in [0, 0.05) is 23.7 Å². The maximum absolute atomic E-state index is 12.1. The highest BCUT2D eigenvalue weighted by atomic mass is 16.5.